The van der Waals surface area contributed by atoms with Crippen LogP contribution in [-0.2, 0) is 0 Å². The van der Waals surface area contributed by atoms with Gasteiger partial charge < -0.3 is 0 Å². The van der Waals surface area contributed by atoms with Crippen LogP contribution >= 0.6 is 0 Å². The van der Waals surface area contributed by atoms with E-state index in [0.717, 1.165) is 6.42 Å². The van der Waals surface area contributed by atoms with Crippen LogP contribution in [0.5, 0.6) is 0 Å². The van der Waals surface area contributed by atoms with Crippen LogP contribution in [0.25, 0.3) is 0 Å². The van der Waals surface area contributed by atoms with Crippen molar-refractivity contribution in [2.75, 3.05) is 18.0 Å². The highest BCUT2D eigenvalue weighted by atomic mass is 19.1. The minimum atomic E-state index is -0.532. The molecule has 0 aliphatic carbocycles. The van der Waals surface area contributed by atoms with Gasteiger partial charge in [0.25, 0.3) is 0 Å². The van der Waals surface area contributed by atoms with Gasteiger partial charge >= 0.3 is 6.03 Å². The molecule has 0 spiro atoms. The van der Waals surface area contributed by atoms with Crippen LogP contribution in [0, 0.1) is 17.1 Å². The lowest BCUT2D eigenvalue weighted by atomic mass is 10.1. The lowest BCUT2D eigenvalue weighted by Gasteiger charge is -2.28. The lowest BCUT2D eigenvalue weighted by molar-refractivity contribution is 0.0714. The molecule has 0 saturated carbocycles. The van der Waals surface area contributed by atoms with E-state index >= 15 is 0 Å². The average molecular weight is 322 g/mol. The fourth-order valence-corrected chi connectivity index (χ4v) is 3.41. The monoisotopic (exact) mass is 322 g/mol. The molecular weight excluding hydrogens is 307 g/mol. The van der Waals surface area contributed by atoms with Crippen molar-refractivity contribution in [3.05, 3.63) is 65.5 Å². The van der Waals surface area contributed by atoms with Gasteiger partial charge in [0, 0.05) is 24.3 Å². The number of hydrazine groups is 1. The maximum atomic E-state index is 14.4. The van der Waals surface area contributed by atoms with E-state index in [4.69, 9.17) is 5.26 Å². The van der Waals surface area contributed by atoms with E-state index in [9.17, 15) is 9.18 Å². The summed E-state index contributed by atoms with van der Waals surface area (Å²) in [5.41, 5.74) is 1.52. The number of hydrogen-bond acceptors (Lipinski definition) is 3. The number of carbonyl (C=O) groups is 1. The molecule has 2 saturated heterocycles. The van der Waals surface area contributed by atoms with Crippen molar-refractivity contribution in [1.82, 2.24) is 10.0 Å². The van der Waals surface area contributed by atoms with E-state index in [1.807, 2.05) is 5.01 Å². The number of carbonyl (C=O) groups excluding carboxylic acids is 1. The van der Waals surface area contributed by atoms with Crippen molar-refractivity contribution in [2.45, 2.75) is 12.6 Å². The molecular formula is C18H15FN4O. The molecule has 0 radical (unpaired) electrons. The van der Waals surface area contributed by atoms with E-state index in [1.54, 1.807) is 52.4 Å². The number of hydrogen-bond donors (Lipinski definition) is 0. The van der Waals surface area contributed by atoms with Crippen LogP contribution in [0.15, 0.2) is 48.5 Å². The van der Waals surface area contributed by atoms with Crippen molar-refractivity contribution >= 4 is 11.7 Å². The molecule has 2 aromatic rings. The van der Waals surface area contributed by atoms with Gasteiger partial charge in [0.05, 0.1) is 11.6 Å². The second kappa shape index (κ2) is 5.62. The highest BCUT2D eigenvalue weighted by molar-refractivity contribution is 5.94. The summed E-state index contributed by atoms with van der Waals surface area (Å²) in [7, 11) is 0. The van der Waals surface area contributed by atoms with Gasteiger partial charge in [-0.2, -0.15) is 10.3 Å². The van der Waals surface area contributed by atoms with Crippen LogP contribution in [0.2, 0.25) is 0 Å². The summed E-state index contributed by atoms with van der Waals surface area (Å²) < 4.78 is 14.4. The molecule has 2 aliphatic rings. The third kappa shape index (κ3) is 2.14. The van der Waals surface area contributed by atoms with Crippen LogP contribution in [-0.4, -0.2) is 29.1 Å². The zero-order chi connectivity index (χ0) is 16.7. The van der Waals surface area contributed by atoms with Gasteiger partial charge in [0.2, 0.25) is 0 Å². The first-order valence-electron chi connectivity index (χ1n) is 7.82. The number of amides is 2. The van der Waals surface area contributed by atoms with Gasteiger partial charge in [-0.25, -0.2) is 9.18 Å². The number of benzene rings is 2. The Kier molecular flexibility index (Phi) is 3.44. The quantitative estimate of drug-likeness (QED) is 0.853. The zero-order valence-corrected chi connectivity index (χ0v) is 12.9. The lowest BCUT2D eigenvalue weighted by Crippen LogP contribution is -2.32. The van der Waals surface area contributed by atoms with Gasteiger partial charge in [-0.3, -0.25) is 9.91 Å². The Morgan fingerprint density at radius 1 is 1.12 bits per heavy atom. The predicted molar refractivity (Wildman–Crippen MR) is 86.2 cm³/mol. The molecule has 2 heterocycles. The summed E-state index contributed by atoms with van der Waals surface area (Å²) in [5, 5.41) is 12.7. The summed E-state index contributed by atoms with van der Waals surface area (Å²) in [6, 6.07) is 15.3. The first-order chi connectivity index (χ1) is 11.7. The van der Waals surface area contributed by atoms with Crippen LogP contribution in [0.1, 0.15) is 23.7 Å². The third-order valence-electron chi connectivity index (χ3n) is 4.46. The second-order valence-corrected chi connectivity index (χ2v) is 5.85. The van der Waals surface area contributed by atoms with Gasteiger partial charge in [-0.15, -0.1) is 0 Å². The predicted octanol–water partition coefficient (Wildman–Crippen LogP) is 3.26. The molecule has 2 amide bonds. The number of halogens is 1. The molecule has 1 unspecified atom stereocenters. The molecule has 1 atom stereocenters. The molecule has 2 aromatic carbocycles. The van der Waals surface area contributed by atoms with Gasteiger partial charge in [0.15, 0.2) is 0 Å². The smallest absolute Gasteiger partial charge is 0.271 e. The second-order valence-electron chi connectivity index (χ2n) is 5.85. The first-order valence-corrected chi connectivity index (χ1v) is 7.82. The Morgan fingerprint density at radius 2 is 1.96 bits per heavy atom. The number of urea groups is 1. The largest absolute Gasteiger partial charge is 0.340 e. The fraction of sp³-hybridized carbons (Fsp3) is 0.222. The number of nitrogens with zero attached hydrogens (tertiary/aromatic N) is 4. The maximum absolute atomic E-state index is 14.4. The Hall–Kier alpha value is -2.91. The number of fused-ring (bicyclic) bond motifs is 1. The average Bonchev–Trinajstić information content (AvgIpc) is 3.18. The van der Waals surface area contributed by atoms with Crippen LogP contribution in [0.3, 0.4) is 0 Å². The van der Waals surface area contributed by atoms with E-state index < -0.39 is 6.17 Å². The minimum absolute atomic E-state index is 0.184. The molecule has 24 heavy (non-hydrogen) atoms. The van der Waals surface area contributed by atoms with Gasteiger partial charge in [-0.1, -0.05) is 24.3 Å². The number of rotatable bonds is 2. The standard InChI is InChI=1S/C18H15FN4O/c19-16-8-2-1-7-15(16)17-21-9-4-10-22(21)18(24)23(17)14-6-3-5-13(11-14)12-20/h1-3,5-8,11,17H,4,9-10H2. The Morgan fingerprint density at radius 3 is 2.75 bits per heavy atom. The molecule has 0 bridgehead atoms. The Bertz CT molecular complexity index is 847. The SMILES string of the molecule is N#Cc1cccc(N2C(=O)N3CCCN3C2c2ccccc2F)c1. The molecule has 2 aliphatic heterocycles. The number of anilines is 1. The van der Waals surface area contributed by atoms with Crippen LogP contribution in [0.4, 0.5) is 14.9 Å². The fourth-order valence-electron chi connectivity index (χ4n) is 3.41. The molecule has 4 rings (SSSR count). The summed E-state index contributed by atoms with van der Waals surface area (Å²) >= 11 is 0. The maximum Gasteiger partial charge on any atom is 0.340 e. The summed E-state index contributed by atoms with van der Waals surface area (Å²) in [5.74, 6) is -0.342. The summed E-state index contributed by atoms with van der Waals surface area (Å²) in [6.07, 6.45) is 0.332. The summed E-state index contributed by atoms with van der Waals surface area (Å²) in [4.78, 5) is 14.5. The molecule has 120 valence electrons. The van der Waals surface area contributed by atoms with Gasteiger partial charge in [0.1, 0.15) is 12.0 Å². The van der Waals surface area contributed by atoms with Gasteiger partial charge in [-0.05, 0) is 30.7 Å². The van der Waals surface area contributed by atoms with E-state index in [2.05, 4.69) is 6.07 Å². The Labute approximate surface area is 139 Å². The molecule has 6 heteroatoms. The topological polar surface area (TPSA) is 50.6 Å². The molecule has 5 nitrogen and oxygen atoms in total. The normalized spacial score (nSPS) is 20.3. The summed E-state index contributed by atoms with van der Waals surface area (Å²) in [6.45, 7) is 1.32. The van der Waals surface area contributed by atoms with E-state index in [0.29, 0.717) is 29.9 Å². The third-order valence-corrected chi connectivity index (χ3v) is 4.46. The highest BCUT2D eigenvalue weighted by Crippen LogP contribution is 2.41. The Balaban J connectivity index is 1.85. The highest BCUT2D eigenvalue weighted by Gasteiger charge is 2.48. The molecule has 0 aromatic heterocycles. The minimum Gasteiger partial charge on any atom is -0.271 e. The zero-order valence-electron chi connectivity index (χ0n) is 12.9. The molecule has 0 N–H and O–H groups in total. The number of nitriles is 1. The van der Waals surface area contributed by atoms with Crippen molar-refractivity contribution < 1.29 is 9.18 Å². The van der Waals surface area contributed by atoms with Crippen molar-refractivity contribution in [2.24, 2.45) is 0 Å². The van der Waals surface area contributed by atoms with Crippen molar-refractivity contribution in [3.63, 3.8) is 0 Å². The van der Waals surface area contributed by atoms with E-state index in [-0.39, 0.29) is 11.8 Å². The van der Waals surface area contributed by atoms with Crippen molar-refractivity contribution in [1.29, 1.82) is 5.26 Å². The van der Waals surface area contributed by atoms with Crippen LogP contribution < -0.4 is 4.90 Å². The first kappa shape index (κ1) is 14.7. The van der Waals surface area contributed by atoms with Crippen molar-refractivity contribution in [3.8, 4) is 6.07 Å². The molecule has 2 fully saturated rings. The van der Waals surface area contributed by atoms with E-state index in [1.165, 1.54) is 6.07 Å².